The van der Waals surface area contributed by atoms with Gasteiger partial charge in [0.15, 0.2) is 0 Å². The molecule has 1 saturated carbocycles. The maximum Gasteiger partial charge on any atom is 0.223 e. The summed E-state index contributed by atoms with van der Waals surface area (Å²) in [4.78, 5) is 17.3. The molecule has 2 saturated heterocycles. The van der Waals surface area contributed by atoms with Crippen LogP contribution in [-0.2, 0) is 16.1 Å². The Morgan fingerprint density at radius 3 is 3.04 bits per heavy atom. The van der Waals surface area contributed by atoms with Crippen molar-refractivity contribution in [3.8, 4) is 0 Å². The highest BCUT2D eigenvalue weighted by atomic mass is 32.1. The van der Waals surface area contributed by atoms with Crippen LogP contribution in [0.25, 0.3) is 0 Å². The van der Waals surface area contributed by atoms with Crippen LogP contribution in [-0.4, -0.2) is 43.2 Å². The van der Waals surface area contributed by atoms with Gasteiger partial charge in [0.1, 0.15) is 0 Å². The first kappa shape index (κ1) is 16.6. The Bertz CT molecular complexity index is 598. The summed E-state index contributed by atoms with van der Waals surface area (Å²) in [5, 5.41) is 3.16. The highest BCUT2D eigenvalue weighted by molar-refractivity contribution is 7.11. The van der Waals surface area contributed by atoms with Gasteiger partial charge in [0.05, 0.1) is 6.10 Å². The minimum atomic E-state index is 0.237. The summed E-state index contributed by atoms with van der Waals surface area (Å²) in [6.07, 6.45) is 5.86. The number of likely N-dealkylation sites (tertiary alicyclic amines) is 1. The Kier molecular flexibility index (Phi) is 4.67. The van der Waals surface area contributed by atoms with E-state index in [2.05, 4.69) is 29.3 Å². The Hall–Kier alpha value is -0.910. The molecule has 3 fully saturated rings. The Balaban J connectivity index is 1.36. The quantitative estimate of drug-likeness (QED) is 0.859. The van der Waals surface area contributed by atoms with E-state index in [1.165, 1.54) is 9.75 Å². The summed E-state index contributed by atoms with van der Waals surface area (Å²) in [6.45, 7) is 7.15. The lowest BCUT2D eigenvalue weighted by Crippen LogP contribution is -2.50. The summed E-state index contributed by atoms with van der Waals surface area (Å²) in [5.74, 6) is 0.576. The molecule has 0 radical (unpaired) electrons. The largest absolute Gasteiger partial charge is 0.378 e. The van der Waals surface area contributed by atoms with Gasteiger partial charge in [-0.1, -0.05) is 0 Å². The minimum Gasteiger partial charge on any atom is -0.378 e. The molecule has 24 heavy (non-hydrogen) atoms. The average molecular weight is 349 g/mol. The third-order valence-electron chi connectivity index (χ3n) is 5.89. The van der Waals surface area contributed by atoms with Gasteiger partial charge in [-0.2, -0.15) is 0 Å². The molecular weight excluding hydrogens is 320 g/mol. The van der Waals surface area contributed by atoms with E-state index in [-0.39, 0.29) is 11.3 Å². The van der Waals surface area contributed by atoms with Crippen molar-refractivity contribution >= 4 is 17.2 Å². The first-order valence-corrected chi connectivity index (χ1v) is 10.1. The summed E-state index contributed by atoms with van der Waals surface area (Å²) in [5.41, 5.74) is 0.237. The molecule has 1 aromatic rings. The topological polar surface area (TPSA) is 41.6 Å². The predicted molar refractivity (Wildman–Crippen MR) is 96.1 cm³/mol. The van der Waals surface area contributed by atoms with Crippen LogP contribution in [0.1, 0.15) is 41.9 Å². The summed E-state index contributed by atoms with van der Waals surface area (Å²) in [6, 6.07) is 4.48. The smallest absolute Gasteiger partial charge is 0.223 e. The van der Waals surface area contributed by atoms with Crippen molar-refractivity contribution in [3.63, 3.8) is 0 Å². The van der Waals surface area contributed by atoms with E-state index < -0.39 is 0 Å². The summed E-state index contributed by atoms with van der Waals surface area (Å²) in [7, 11) is 0. The maximum atomic E-state index is 11.9. The van der Waals surface area contributed by atoms with Crippen LogP contribution in [0, 0.1) is 18.3 Å². The molecule has 0 aromatic carbocycles. The molecule has 3 aliphatic rings. The molecule has 3 heterocycles. The first-order chi connectivity index (χ1) is 11.6. The van der Waals surface area contributed by atoms with Crippen LogP contribution >= 0.6 is 11.3 Å². The number of nitrogens with one attached hydrogen (secondary N) is 1. The molecule has 2 aliphatic heterocycles. The molecule has 1 aliphatic carbocycles. The molecule has 4 nitrogen and oxygen atoms in total. The number of rotatable bonds is 6. The number of amides is 1. The molecule has 132 valence electrons. The van der Waals surface area contributed by atoms with E-state index in [9.17, 15) is 4.79 Å². The Morgan fingerprint density at radius 2 is 2.29 bits per heavy atom. The normalized spacial score (nSPS) is 30.3. The second-order valence-corrected chi connectivity index (χ2v) is 9.17. The van der Waals surface area contributed by atoms with E-state index in [4.69, 9.17) is 4.74 Å². The van der Waals surface area contributed by atoms with Gasteiger partial charge in [-0.05, 0) is 51.2 Å². The maximum absolute atomic E-state index is 11.9. The molecule has 0 spiro atoms. The van der Waals surface area contributed by atoms with Gasteiger partial charge < -0.3 is 10.1 Å². The van der Waals surface area contributed by atoms with Crippen molar-refractivity contribution in [2.45, 2.75) is 51.7 Å². The molecule has 2 atom stereocenters. The third-order valence-corrected chi connectivity index (χ3v) is 6.88. The van der Waals surface area contributed by atoms with E-state index in [1.54, 1.807) is 0 Å². The zero-order chi connectivity index (χ0) is 16.6. The average Bonchev–Trinajstić information content (AvgIpc) is 3.22. The molecule has 1 N–H and O–H groups in total. The zero-order valence-corrected chi connectivity index (χ0v) is 15.4. The number of ether oxygens (including phenoxy) is 1. The zero-order valence-electron chi connectivity index (χ0n) is 14.6. The van der Waals surface area contributed by atoms with Crippen LogP contribution in [0.4, 0.5) is 0 Å². The minimum absolute atomic E-state index is 0.237. The lowest BCUT2D eigenvalue weighted by Gasteiger charge is -2.44. The van der Waals surface area contributed by atoms with Crippen LogP contribution < -0.4 is 5.32 Å². The highest BCUT2D eigenvalue weighted by Gasteiger charge is 2.47. The van der Waals surface area contributed by atoms with Gasteiger partial charge in [-0.25, -0.2) is 0 Å². The molecular formula is C19H28N2O2S. The third kappa shape index (κ3) is 3.53. The number of carbonyl (C=O) groups excluding carboxylic acids is 1. The predicted octanol–water partition coefficient (Wildman–Crippen LogP) is 2.95. The van der Waals surface area contributed by atoms with Crippen molar-refractivity contribution in [3.05, 3.63) is 21.9 Å². The lowest BCUT2D eigenvalue weighted by atomic mass is 9.74. The first-order valence-electron chi connectivity index (χ1n) is 9.32. The fraction of sp³-hybridized carbons (Fsp3) is 0.737. The van der Waals surface area contributed by atoms with Gasteiger partial charge in [-0.15, -0.1) is 11.3 Å². The van der Waals surface area contributed by atoms with Crippen LogP contribution in [0.5, 0.6) is 0 Å². The lowest BCUT2D eigenvalue weighted by molar-refractivity contribution is -0.122. The molecule has 1 aromatic heterocycles. The number of piperidine rings is 1. The molecule has 5 heteroatoms. The second-order valence-electron chi connectivity index (χ2n) is 7.80. The highest BCUT2D eigenvalue weighted by Crippen LogP contribution is 2.44. The summed E-state index contributed by atoms with van der Waals surface area (Å²) >= 11 is 1.91. The van der Waals surface area contributed by atoms with Crippen LogP contribution in [0.15, 0.2) is 12.1 Å². The van der Waals surface area contributed by atoms with Crippen molar-refractivity contribution in [2.75, 3.05) is 26.2 Å². The van der Waals surface area contributed by atoms with Crippen molar-refractivity contribution in [1.29, 1.82) is 0 Å². The van der Waals surface area contributed by atoms with Gasteiger partial charge in [0, 0.05) is 53.9 Å². The van der Waals surface area contributed by atoms with E-state index >= 15 is 0 Å². The van der Waals surface area contributed by atoms with Crippen LogP contribution in [0.2, 0.25) is 0 Å². The molecule has 0 unspecified atom stereocenters. The fourth-order valence-corrected chi connectivity index (χ4v) is 5.28. The molecule has 0 bridgehead atoms. The SMILES string of the molecule is Cc1ccc(CN2CC[C@H]3OCC[C@@]3(CCNC(=O)C3CC3)C2)s1. The summed E-state index contributed by atoms with van der Waals surface area (Å²) < 4.78 is 6.04. The number of thiophene rings is 1. The number of carbonyl (C=O) groups is 1. The molecule has 4 rings (SSSR count). The number of nitrogens with zero attached hydrogens (tertiary/aromatic N) is 1. The van der Waals surface area contributed by atoms with Gasteiger partial charge in [0.25, 0.3) is 0 Å². The van der Waals surface area contributed by atoms with Crippen molar-refractivity contribution in [1.82, 2.24) is 10.2 Å². The van der Waals surface area contributed by atoms with E-state index in [1.807, 2.05) is 11.3 Å². The monoisotopic (exact) mass is 348 g/mol. The number of hydrogen-bond donors (Lipinski definition) is 1. The number of hydrogen-bond acceptors (Lipinski definition) is 4. The van der Waals surface area contributed by atoms with Crippen LogP contribution in [0.3, 0.4) is 0 Å². The van der Waals surface area contributed by atoms with Gasteiger partial charge in [0.2, 0.25) is 5.91 Å². The van der Waals surface area contributed by atoms with Crippen molar-refractivity contribution < 1.29 is 9.53 Å². The standard InChI is InChI=1S/C19H28N2O2S/c1-14-2-5-16(24-14)12-21-10-6-17-19(13-21,8-11-23-17)7-9-20-18(22)15-3-4-15/h2,5,15,17H,3-4,6-13H2,1H3,(H,20,22)/t17-,19+/m1/s1. The van der Waals surface area contributed by atoms with Gasteiger partial charge >= 0.3 is 0 Å². The van der Waals surface area contributed by atoms with Gasteiger partial charge in [-0.3, -0.25) is 9.69 Å². The Morgan fingerprint density at radius 1 is 1.42 bits per heavy atom. The second kappa shape index (κ2) is 6.77. The molecule has 1 amide bonds. The van der Waals surface area contributed by atoms with E-state index in [0.29, 0.717) is 12.0 Å². The Labute approximate surface area is 148 Å². The van der Waals surface area contributed by atoms with Crippen molar-refractivity contribution in [2.24, 2.45) is 11.3 Å². The number of aryl methyl sites for hydroxylation is 1. The van der Waals surface area contributed by atoms with E-state index in [0.717, 1.165) is 64.9 Å². The fourth-order valence-electron chi connectivity index (χ4n) is 4.35. The number of fused-ring (bicyclic) bond motifs is 1.